The molecule has 1 aliphatic heterocycles. The number of aromatic nitrogens is 2. The minimum Gasteiger partial charge on any atom is -0.445 e. The van der Waals surface area contributed by atoms with E-state index >= 15 is 0 Å². The quantitative estimate of drug-likeness (QED) is 0.351. The number of nitrogens with zero attached hydrogens (tertiary/aromatic N) is 2. The number of fused-ring (bicyclic) bond motifs is 1. The molecule has 2 heterocycles. The first-order valence-corrected chi connectivity index (χ1v) is 10.9. The van der Waals surface area contributed by atoms with Gasteiger partial charge in [-0.2, -0.15) is 0 Å². The fraction of sp³-hybridized carbons (Fsp3) is 0.200. The van der Waals surface area contributed by atoms with Crippen LogP contribution in [0.25, 0.3) is 0 Å². The lowest BCUT2D eigenvalue weighted by Gasteiger charge is -2.32. The highest BCUT2D eigenvalue weighted by Gasteiger charge is 2.43. The highest BCUT2D eigenvalue weighted by atomic mass is 35.5. The van der Waals surface area contributed by atoms with E-state index in [1.807, 2.05) is 30.3 Å². The van der Waals surface area contributed by atoms with Gasteiger partial charge >= 0.3 is 5.97 Å². The Balaban J connectivity index is 1.43. The van der Waals surface area contributed by atoms with Crippen molar-refractivity contribution in [1.29, 1.82) is 0 Å². The maximum absolute atomic E-state index is 12.8. The molecule has 1 N–H and O–H groups in total. The van der Waals surface area contributed by atoms with E-state index in [4.69, 9.17) is 16.3 Å². The summed E-state index contributed by atoms with van der Waals surface area (Å²) < 4.78 is 6.19. The van der Waals surface area contributed by atoms with E-state index in [9.17, 15) is 9.59 Å². The van der Waals surface area contributed by atoms with Crippen LogP contribution in [0.3, 0.4) is 0 Å². The largest absolute Gasteiger partial charge is 0.445 e. The van der Waals surface area contributed by atoms with Crippen LogP contribution >= 0.6 is 34.7 Å². The molecular formula is C20H16ClN3O3S2. The van der Waals surface area contributed by atoms with E-state index in [1.54, 1.807) is 36.9 Å². The first kappa shape index (κ1) is 19.9. The number of anilines is 1. The van der Waals surface area contributed by atoms with E-state index in [0.717, 1.165) is 10.1 Å². The van der Waals surface area contributed by atoms with Gasteiger partial charge in [-0.05, 0) is 36.2 Å². The average Bonchev–Trinajstić information content (AvgIpc) is 3.14. The molecule has 1 atom stereocenters. The fourth-order valence-electron chi connectivity index (χ4n) is 2.96. The Labute approximate surface area is 180 Å². The number of hydrogen-bond donors (Lipinski definition) is 1. The predicted molar refractivity (Wildman–Crippen MR) is 114 cm³/mol. The number of benzene rings is 2. The molecule has 0 spiro atoms. The Kier molecular flexibility index (Phi) is 5.58. The van der Waals surface area contributed by atoms with Crippen molar-refractivity contribution in [3.8, 4) is 0 Å². The summed E-state index contributed by atoms with van der Waals surface area (Å²) in [6.07, 6.45) is 0.231. The second-order valence-corrected chi connectivity index (χ2v) is 9.34. The molecule has 2 aromatic carbocycles. The number of carbonyl (C=O) groups is 2. The Hall–Kier alpha value is -2.42. The molecule has 3 aromatic rings. The highest BCUT2D eigenvalue weighted by molar-refractivity contribution is 8.00. The molecule has 0 saturated heterocycles. The Morgan fingerprint density at radius 2 is 2.07 bits per heavy atom. The lowest BCUT2D eigenvalue weighted by atomic mass is 9.89. The third-order valence-corrected chi connectivity index (χ3v) is 6.72. The minimum atomic E-state index is -1.35. The number of esters is 1. The first-order chi connectivity index (χ1) is 13.9. The molecule has 0 saturated carbocycles. The lowest BCUT2D eigenvalue weighted by Crippen LogP contribution is -2.48. The smallest absolute Gasteiger partial charge is 0.339 e. The van der Waals surface area contributed by atoms with Gasteiger partial charge in [-0.15, -0.1) is 10.2 Å². The highest BCUT2D eigenvalue weighted by Crippen LogP contribution is 2.32. The van der Waals surface area contributed by atoms with E-state index < -0.39 is 17.5 Å². The number of carbonyl (C=O) groups excluding carboxylic acids is 2. The molecule has 0 aliphatic carbocycles. The summed E-state index contributed by atoms with van der Waals surface area (Å²) in [4.78, 5) is 25.1. The van der Waals surface area contributed by atoms with Crippen molar-refractivity contribution in [2.75, 3.05) is 5.32 Å². The minimum absolute atomic E-state index is 0.231. The summed E-state index contributed by atoms with van der Waals surface area (Å²) in [5, 5.41) is 11.7. The second kappa shape index (κ2) is 8.14. The van der Waals surface area contributed by atoms with Gasteiger partial charge in [0.15, 0.2) is 9.94 Å². The van der Waals surface area contributed by atoms with Crippen LogP contribution in [0.1, 0.15) is 28.4 Å². The van der Waals surface area contributed by atoms with Gasteiger partial charge in [-0.25, -0.2) is 4.79 Å². The first-order valence-electron chi connectivity index (χ1n) is 8.76. The maximum atomic E-state index is 12.8. The molecule has 29 heavy (non-hydrogen) atoms. The van der Waals surface area contributed by atoms with E-state index in [2.05, 4.69) is 15.5 Å². The number of halogens is 1. The van der Waals surface area contributed by atoms with Crippen LogP contribution in [0.4, 0.5) is 5.13 Å². The topological polar surface area (TPSA) is 81.2 Å². The Morgan fingerprint density at radius 3 is 2.86 bits per heavy atom. The maximum Gasteiger partial charge on any atom is 0.339 e. The number of rotatable bonds is 5. The molecule has 0 radical (unpaired) electrons. The van der Waals surface area contributed by atoms with Crippen LogP contribution in [0, 0.1) is 0 Å². The van der Waals surface area contributed by atoms with Gasteiger partial charge in [0.2, 0.25) is 5.13 Å². The molecular weight excluding hydrogens is 430 g/mol. The summed E-state index contributed by atoms with van der Waals surface area (Å²) in [6.45, 7) is 1.58. The van der Waals surface area contributed by atoms with Crippen molar-refractivity contribution in [3.63, 3.8) is 0 Å². The molecule has 1 unspecified atom stereocenters. The van der Waals surface area contributed by atoms with Crippen molar-refractivity contribution in [2.24, 2.45) is 0 Å². The zero-order valence-electron chi connectivity index (χ0n) is 15.3. The van der Waals surface area contributed by atoms with E-state index in [0.29, 0.717) is 21.3 Å². The second-order valence-electron chi connectivity index (χ2n) is 6.70. The van der Waals surface area contributed by atoms with Crippen molar-refractivity contribution < 1.29 is 14.3 Å². The molecule has 0 bridgehead atoms. The van der Waals surface area contributed by atoms with Gasteiger partial charge < -0.3 is 4.74 Å². The summed E-state index contributed by atoms with van der Waals surface area (Å²) >= 11 is 8.85. The third-order valence-electron chi connectivity index (χ3n) is 4.45. The normalized spacial score (nSPS) is 18.1. The summed E-state index contributed by atoms with van der Waals surface area (Å²) in [7, 11) is 0. The SMILES string of the molecule is CC1(C(=O)Nc2nnc(SCc3ccccc3)s2)Cc2cc(Cl)ccc2C(=O)O1. The van der Waals surface area contributed by atoms with Crippen molar-refractivity contribution in [2.45, 2.75) is 29.0 Å². The van der Waals surface area contributed by atoms with Crippen molar-refractivity contribution >= 4 is 51.7 Å². The number of amides is 1. The fourth-order valence-corrected chi connectivity index (χ4v) is 4.86. The molecule has 1 aromatic heterocycles. The Morgan fingerprint density at radius 1 is 1.28 bits per heavy atom. The van der Waals surface area contributed by atoms with Crippen LogP contribution in [-0.2, 0) is 21.7 Å². The zero-order valence-corrected chi connectivity index (χ0v) is 17.7. The van der Waals surface area contributed by atoms with Crippen molar-refractivity contribution in [1.82, 2.24) is 10.2 Å². The van der Waals surface area contributed by atoms with Crippen molar-refractivity contribution in [3.05, 3.63) is 70.2 Å². The lowest BCUT2D eigenvalue weighted by molar-refractivity contribution is -0.134. The van der Waals surface area contributed by atoms with E-state index in [-0.39, 0.29) is 6.42 Å². The van der Waals surface area contributed by atoms with Crippen LogP contribution in [0.15, 0.2) is 52.9 Å². The molecule has 1 aliphatic rings. The summed E-state index contributed by atoms with van der Waals surface area (Å²) in [6, 6.07) is 14.9. The Bertz CT molecular complexity index is 1070. The van der Waals surface area contributed by atoms with Gasteiger partial charge in [0.25, 0.3) is 5.91 Å². The van der Waals surface area contributed by atoms with Gasteiger partial charge in [0.1, 0.15) is 0 Å². The monoisotopic (exact) mass is 445 g/mol. The standard InChI is InChI=1S/C20H16ClN3O3S2/c1-20(10-13-9-14(21)7-8-15(13)16(25)27-20)17(26)22-18-23-24-19(29-18)28-11-12-5-3-2-4-6-12/h2-9H,10-11H2,1H3,(H,22,23,26). The van der Waals surface area contributed by atoms with Gasteiger partial charge in [0, 0.05) is 17.2 Å². The molecule has 1 amide bonds. The van der Waals surface area contributed by atoms with Crippen LogP contribution in [-0.4, -0.2) is 27.7 Å². The summed E-state index contributed by atoms with van der Waals surface area (Å²) in [5.74, 6) is -0.236. The van der Waals surface area contributed by atoms with Crippen LogP contribution < -0.4 is 5.32 Å². The van der Waals surface area contributed by atoms with Gasteiger partial charge in [-0.3, -0.25) is 10.1 Å². The number of cyclic esters (lactones) is 1. The van der Waals surface area contributed by atoms with Gasteiger partial charge in [0.05, 0.1) is 5.56 Å². The number of hydrogen-bond acceptors (Lipinski definition) is 7. The van der Waals surface area contributed by atoms with Gasteiger partial charge in [-0.1, -0.05) is 65.0 Å². The average molecular weight is 446 g/mol. The number of ether oxygens (including phenoxy) is 1. The molecule has 6 nitrogen and oxygen atoms in total. The molecule has 148 valence electrons. The molecule has 9 heteroatoms. The van der Waals surface area contributed by atoms with E-state index in [1.165, 1.54) is 16.9 Å². The predicted octanol–water partition coefficient (Wildman–Crippen LogP) is 4.59. The molecule has 4 rings (SSSR count). The van der Waals surface area contributed by atoms with Crippen LogP contribution in [0.2, 0.25) is 5.02 Å². The summed E-state index contributed by atoms with van der Waals surface area (Å²) in [5.41, 5.74) is 0.938. The number of nitrogens with one attached hydrogen (secondary N) is 1. The zero-order chi connectivity index (χ0) is 20.4. The third kappa shape index (κ3) is 4.44. The van der Waals surface area contributed by atoms with Crippen LogP contribution in [0.5, 0.6) is 0 Å². The number of thioether (sulfide) groups is 1. The molecule has 0 fully saturated rings.